The minimum Gasteiger partial charge on any atom is -0.0859 e. The van der Waals surface area contributed by atoms with Gasteiger partial charge in [-0.05, 0) is 129 Å². The van der Waals surface area contributed by atoms with Crippen LogP contribution in [0.1, 0.15) is 126 Å². The zero-order valence-corrected chi connectivity index (χ0v) is 21.7. The first-order valence-corrected chi connectivity index (χ1v) is 13.6. The van der Waals surface area contributed by atoms with Crippen LogP contribution >= 0.6 is 0 Å². The molecule has 172 valence electrons. The summed E-state index contributed by atoms with van der Waals surface area (Å²) >= 11 is 0. The van der Waals surface area contributed by atoms with Gasteiger partial charge in [0.2, 0.25) is 0 Å². The maximum absolute atomic E-state index is 2.78. The van der Waals surface area contributed by atoms with E-state index >= 15 is 0 Å². The summed E-state index contributed by atoms with van der Waals surface area (Å²) in [6, 6.07) is 0. The van der Waals surface area contributed by atoms with Crippen molar-refractivity contribution in [3.63, 3.8) is 0 Å². The van der Waals surface area contributed by atoms with Crippen LogP contribution in [0.3, 0.4) is 0 Å². The molecule has 0 aromatic carbocycles. The highest BCUT2D eigenvalue weighted by Crippen LogP contribution is 2.75. The lowest BCUT2D eigenvalue weighted by Gasteiger charge is -2.69. The standard InChI is InChI=1S/C30H52/c1-21(2)11-9-12-22(3)23-15-19-29(7)24(23)13-14-26-28(6)18-10-17-27(4,5)25(28)16-20-30(26,29)8/h11,22-26H,9-10,12-20H2,1-8H3/t22-,23-,24-,25?,26-,28+,29+,30-/m1/s1. The lowest BCUT2D eigenvalue weighted by molar-refractivity contribution is -0.203. The van der Waals surface area contributed by atoms with Gasteiger partial charge in [-0.2, -0.15) is 0 Å². The maximum Gasteiger partial charge on any atom is -0.0235 e. The highest BCUT2D eigenvalue weighted by Gasteiger charge is 2.67. The van der Waals surface area contributed by atoms with Crippen molar-refractivity contribution in [1.82, 2.24) is 0 Å². The molecule has 0 heterocycles. The lowest BCUT2D eigenvalue weighted by Crippen LogP contribution is -2.62. The Morgan fingerprint density at radius 1 is 0.833 bits per heavy atom. The molecule has 4 saturated carbocycles. The number of allylic oxidation sites excluding steroid dienone is 2. The second-order valence-corrected chi connectivity index (χ2v) is 14.0. The summed E-state index contributed by atoms with van der Waals surface area (Å²) in [4.78, 5) is 0. The molecule has 0 aromatic rings. The largest absolute Gasteiger partial charge is 0.0859 e. The summed E-state index contributed by atoms with van der Waals surface area (Å²) in [7, 11) is 0. The van der Waals surface area contributed by atoms with E-state index in [1.165, 1.54) is 76.2 Å². The van der Waals surface area contributed by atoms with Gasteiger partial charge in [-0.25, -0.2) is 0 Å². The van der Waals surface area contributed by atoms with Crippen LogP contribution < -0.4 is 0 Å². The molecule has 4 fully saturated rings. The van der Waals surface area contributed by atoms with Gasteiger partial charge in [0.1, 0.15) is 0 Å². The number of rotatable bonds is 4. The highest BCUT2D eigenvalue weighted by molar-refractivity contribution is 5.16. The quantitative estimate of drug-likeness (QED) is 0.403. The molecule has 30 heavy (non-hydrogen) atoms. The molecule has 0 heteroatoms. The van der Waals surface area contributed by atoms with Crippen molar-refractivity contribution >= 4 is 0 Å². The Labute approximate surface area is 189 Å². The SMILES string of the molecule is CC(C)=CCC[C@@H](C)[C@H]1CC[C@@]2(C)[C@@H]1CC[C@@H]1[C@@]3(C)CCCC(C)(C)C3CC[C@]12C. The summed E-state index contributed by atoms with van der Waals surface area (Å²) in [5.41, 5.74) is 3.80. The van der Waals surface area contributed by atoms with Gasteiger partial charge in [-0.15, -0.1) is 0 Å². The number of hydrogen-bond acceptors (Lipinski definition) is 0. The Morgan fingerprint density at radius 3 is 2.23 bits per heavy atom. The van der Waals surface area contributed by atoms with E-state index < -0.39 is 0 Å². The van der Waals surface area contributed by atoms with E-state index in [0.29, 0.717) is 21.7 Å². The number of hydrogen-bond donors (Lipinski definition) is 0. The van der Waals surface area contributed by atoms with Crippen LogP contribution in [0.5, 0.6) is 0 Å². The van der Waals surface area contributed by atoms with Crippen LogP contribution in [0.25, 0.3) is 0 Å². The summed E-state index contributed by atoms with van der Waals surface area (Å²) in [6.45, 7) is 20.6. The van der Waals surface area contributed by atoms with Crippen molar-refractivity contribution in [3.05, 3.63) is 11.6 Å². The van der Waals surface area contributed by atoms with Crippen molar-refractivity contribution in [2.24, 2.45) is 51.2 Å². The fourth-order valence-corrected chi connectivity index (χ4v) is 10.4. The average molecular weight is 413 g/mol. The van der Waals surface area contributed by atoms with E-state index in [0.717, 1.165) is 29.6 Å². The molecule has 4 aliphatic carbocycles. The summed E-state index contributed by atoms with van der Waals surface area (Å²) in [6.07, 6.45) is 18.7. The minimum absolute atomic E-state index is 0.559. The first-order chi connectivity index (χ1) is 14.0. The van der Waals surface area contributed by atoms with Crippen LogP contribution in [0.2, 0.25) is 0 Å². The third-order valence-electron chi connectivity index (χ3n) is 12.1. The molecule has 0 saturated heterocycles. The molecule has 0 amide bonds. The zero-order chi connectivity index (χ0) is 21.9. The molecule has 4 rings (SSSR count). The van der Waals surface area contributed by atoms with Gasteiger partial charge in [0, 0.05) is 0 Å². The fourth-order valence-electron chi connectivity index (χ4n) is 10.4. The molecular formula is C30H52. The van der Waals surface area contributed by atoms with Gasteiger partial charge in [-0.1, -0.05) is 59.6 Å². The van der Waals surface area contributed by atoms with Crippen LogP contribution in [-0.4, -0.2) is 0 Å². The average Bonchev–Trinajstić information content (AvgIpc) is 2.99. The molecule has 4 aliphatic rings. The molecule has 8 atom stereocenters. The highest BCUT2D eigenvalue weighted by atomic mass is 14.7. The monoisotopic (exact) mass is 412 g/mol. The lowest BCUT2D eigenvalue weighted by atomic mass is 9.35. The Bertz CT molecular complexity index is 666. The van der Waals surface area contributed by atoms with Gasteiger partial charge < -0.3 is 0 Å². The Hall–Kier alpha value is -0.260. The molecule has 0 N–H and O–H groups in total. The Balaban J connectivity index is 1.58. The molecule has 0 aromatic heterocycles. The van der Waals surface area contributed by atoms with Crippen molar-refractivity contribution < 1.29 is 0 Å². The second kappa shape index (κ2) is 7.66. The van der Waals surface area contributed by atoms with Crippen LogP contribution in [0.15, 0.2) is 11.6 Å². The zero-order valence-electron chi connectivity index (χ0n) is 21.7. The number of fused-ring (bicyclic) bond motifs is 5. The van der Waals surface area contributed by atoms with Crippen LogP contribution in [0, 0.1) is 51.2 Å². The van der Waals surface area contributed by atoms with Gasteiger partial charge in [0.15, 0.2) is 0 Å². The van der Waals surface area contributed by atoms with Crippen molar-refractivity contribution in [3.8, 4) is 0 Å². The topological polar surface area (TPSA) is 0 Å². The van der Waals surface area contributed by atoms with Gasteiger partial charge in [-0.3, -0.25) is 0 Å². The van der Waals surface area contributed by atoms with Crippen molar-refractivity contribution in [2.75, 3.05) is 0 Å². The predicted molar refractivity (Wildman–Crippen MR) is 131 cm³/mol. The van der Waals surface area contributed by atoms with E-state index in [4.69, 9.17) is 0 Å². The van der Waals surface area contributed by atoms with E-state index in [1.807, 2.05) is 0 Å². The fraction of sp³-hybridized carbons (Fsp3) is 0.933. The summed E-state index contributed by atoms with van der Waals surface area (Å²) in [5, 5.41) is 0. The molecular weight excluding hydrogens is 360 g/mol. The van der Waals surface area contributed by atoms with E-state index in [1.54, 1.807) is 0 Å². The van der Waals surface area contributed by atoms with E-state index in [2.05, 4.69) is 61.5 Å². The van der Waals surface area contributed by atoms with Gasteiger partial charge in [0.05, 0.1) is 0 Å². The normalized spacial score (nSPS) is 48.3. The first kappa shape index (κ1) is 22.9. The Morgan fingerprint density at radius 2 is 1.53 bits per heavy atom. The smallest absolute Gasteiger partial charge is 0.0235 e. The Kier molecular flexibility index (Phi) is 5.85. The van der Waals surface area contributed by atoms with Gasteiger partial charge >= 0.3 is 0 Å². The predicted octanol–water partition coefficient (Wildman–Crippen LogP) is 9.44. The third kappa shape index (κ3) is 3.28. The third-order valence-corrected chi connectivity index (χ3v) is 12.1. The molecule has 0 aliphatic heterocycles. The van der Waals surface area contributed by atoms with Crippen molar-refractivity contribution in [2.45, 2.75) is 126 Å². The maximum atomic E-state index is 2.78. The minimum atomic E-state index is 0.559. The van der Waals surface area contributed by atoms with Crippen LogP contribution in [-0.2, 0) is 0 Å². The van der Waals surface area contributed by atoms with Crippen LogP contribution in [0.4, 0.5) is 0 Å². The van der Waals surface area contributed by atoms with Gasteiger partial charge in [0.25, 0.3) is 0 Å². The molecule has 0 spiro atoms. The molecule has 0 nitrogen and oxygen atoms in total. The van der Waals surface area contributed by atoms with E-state index in [9.17, 15) is 0 Å². The molecule has 1 unspecified atom stereocenters. The molecule has 0 bridgehead atoms. The second-order valence-electron chi connectivity index (χ2n) is 14.0. The first-order valence-electron chi connectivity index (χ1n) is 13.6. The molecule has 0 radical (unpaired) electrons. The summed E-state index contributed by atoms with van der Waals surface area (Å²) in [5.74, 6) is 4.78. The van der Waals surface area contributed by atoms with E-state index in [-0.39, 0.29) is 0 Å². The summed E-state index contributed by atoms with van der Waals surface area (Å²) < 4.78 is 0. The van der Waals surface area contributed by atoms with Crippen molar-refractivity contribution in [1.29, 1.82) is 0 Å².